The average Bonchev–Trinajstić information content (AvgIpc) is 3.27. The second-order valence-corrected chi connectivity index (χ2v) is 9.38. The Kier molecular flexibility index (Phi) is 4.99. The smallest absolute Gasteiger partial charge is 0.259 e. The molecule has 1 amide bonds. The lowest BCUT2D eigenvalue weighted by Gasteiger charge is -2.34. The van der Waals surface area contributed by atoms with E-state index >= 15 is 0 Å². The largest absolute Gasteiger partial charge is 0.466 e. The topological polar surface area (TPSA) is 82.4 Å². The normalized spacial score (nSPS) is 17.5. The molecule has 4 heterocycles. The molecular weight excluding hydrogens is 400 g/mol. The molecule has 3 aromatic heterocycles. The Hall–Kier alpha value is -2.45. The van der Waals surface area contributed by atoms with Gasteiger partial charge in [-0.05, 0) is 51.2 Å². The molecule has 0 bridgehead atoms. The molecule has 8 heteroatoms. The van der Waals surface area contributed by atoms with E-state index in [2.05, 4.69) is 9.88 Å². The van der Waals surface area contributed by atoms with Gasteiger partial charge < -0.3 is 14.3 Å². The SMILES string of the molecule is Cc1cc(C(=O)N2CCN(Cc3nc4sc5c(c4c(=O)[nH]3)CCCC5)CC2)c(C)o1. The molecule has 1 fully saturated rings. The molecule has 0 radical (unpaired) electrons. The first-order valence-corrected chi connectivity index (χ1v) is 11.4. The molecule has 30 heavy (non-hydrogen) atoms. The Labute approximate surface area is 178 Å². The fraction of sp³-hybridized carbons (Fsp3) is 0.500. The van der Waals surface area contributed by atoms with Crippen LogP contribution >= 0.6 is 11.3 Å². The number of hydrogen-bond acceptors (Lipinski definition) is 6. The number of furan rings is 1. The fourth-order valence-electron chi connectivity index (χ4n) is 4.62. The Bertz CT molecular complexity index is 1170. The molecule has 0 atom stereocenters. The van der Waals surface area contributed by atoms with Gasteiger partial charge in [-0.15, -0.1) is 11.3 Å². The van der Waals surface area contributed by atoms with E-state index in [1.807, 2.05) is 24.8 Å². The Balaban J connectivity index is 1.27. The number of nitrogens with one attached hydrogen (secondary N) is 1. The molecule has 0 saturated carbocycles. The number of carbonyl (C=O) groups excluding carboxylic acids is 1. The molecule has 1 N–H and O–H groups in total. The monoisotopic (exact) mass is 426 g/mol. The summed E-state index contributed by atoms with van der Waals surface area (Å²) in [5.41, 5.74) is 1.87. The number of aromatic nitrogens is 2. The molecule has 7 nitrogen and oxygen atoms in total. The summed E-state index contributed by atoms with van der Waals surface area (Å²) in [7, 11) is 0. The van der Waals surface area contributed by atoms with Crippen LogP contribution < -0.4 is 5.56 Å². The van der Waals surface area contributed by atoms with Crippen molar-refractivity contribution in [2.24, 2.45) is 0 Å². The van der Waals surface area contributed by atoms with Gasteiger partial charge in [0.25, 0.3) is 11.5 Å². The van der Waals surface area contributed by atoms with E-state index in [1.54, 1.807) is 11.3 Å². The van der Waals surface area contributed by atoms with Crippen LogP contribution in [0.25, 0.3) is 10.2 Å². The first-order chi connectivity index (χ1) is 14.5. The van der Waals surface area contributed by atoms with Crippen LogP contribution in [0.5, 0.6) is 0 Å². The number of carbonyl (C=O) groups is 1. The van der Waals surface area contributed by atoms with Crippen LogP contribution in [0.15, 0.2) is 15.3 Å². The van der Waals surface area contributed by atoms with E-state index in [1.165, 1.54) is 16.9 Å². The summed E-state index contributed by atoms with van der Waals surface area (Å²) in [4.78, 5) is 39.6. The molecule has 1 aliphatic carbocycles. The maximum absolute atomic E-state index is 12.8. The number of rotatable bonds is 3. The highest BCUT2D eigenvalue weighted by Gasteiger charge is 2.26. The lowest BCUT2D eigenvalue weighted by atomic mass is 9.97. The summed E-state index contributed by atoms with van der Waals surface area (Å²) >= 11 is 1.68. The van der Waals surface area contributed by atoms with Crippen molar-refractivity contribution in [3.05, 3.63) is 49.8 Å². The quantitative estimate of drug-likeness (QED) is 0.696. The van der Waals surface area contributed by atoms with Gasteiger partial charge in [0.1, 0.15) is 22.2 Å². The molecule has 158 valence electrons. The lowest BCUT2D eigenvalue weighted by molar-refractivity contribution is 0.0624. The third-order valence-electron chi connectivity index (χ3n) is 6.18. The van der Waals surface area contributed by atoms with Crippen molar-refractivity contribution in [1.82, 2.24) is 19.8 Å². The number of piperazine rings is 1. The van der Waals surface area contributed by atoms with Gasteiger partial charge in [0, 0.05) is 31.1 Å². The molecular formula is C22H26N4O3S. The minimum Gasteiger partial charge on any atom is -0.466 e. The molecule has 0 spiro atoms. The van der Waals surface area contributed by atoms with Gasteiger partial charge in [0.15, 0.2) is 0 Å². The van der Waals surface area contributed by atoms with Crippen LogP contribution in [-0.2, 0) is 19.4 Å². The molecule has 0 aromatic carbocycles. The number of thiophene rings is 1. The molecule has 3 aromatic rings. The van der Waals surface area contributed by atoms with Crippen molar-refractivity contribution >= 4 is 27.5 Å². The van der Waals surface area contributed by atoms with Gasteiger partial charge in [-0.2, -0.15) is 0 Å². The van der Waals surface area contributed by atoms with Crippen LogP contribution in [0.2, 0.25) is 0 Å². The minimum atomic E-state index is -0.00554. The zero-order valence-corrected chi connectivity index (χ0v) is 18.2. The molecule has 5 rings (SSSR count). The number of hydrogen-bond donors (Lipinski definition) is 1. The molecule has 1 aliphatic heterocycles. The highest BCUT2D eigenvalue weighted by atomic mass is 32.1. The number of aryl methyl sites for hydroxylation is 4. The predicted molar refractivity (Wildman–Crippen MR) is 116 cm³/mol. The second kappa shape index (κ2) is 7.67. The predicted octanol–water partition coefficient (Wildman–Crippen LogP) is 3.03. The van der Waals surface area contributed by atoms with E-state index in [-0.39, 0.29) is 11.5 Å². The number of fused-ring (bicyclic) bond motifs is 3. The summed E-state index contributed by atoms with van der Waals surface area (Å²) in [6, 6.07) is 1.81. The number of H-pyrrole nitrogens is 1. The lowest BCUT2D eigenvalue weighted by Crippen LogP contribution is -2.48. The van der Waals surface area contributed by atoms with Crippen molar-refractivity contribution in [3.8, 4) is 0 Å². The fourth-order valence-corrected chi connectivity index (χ4v) is 5.90. The third kappa shape index (κ3) is 3.48. The van der Waals surface area contributed by atoms with Crippen LogP contribution in [0, 0.1) is 13.8 Å². The van der Waals surface area contributed by atoms with Crippen molar-refractivity contribution < 1.29 is 9.21 Å². The summed E-state index contributed by atoms with van der Waals surface area (Å²) in [6.07, 6.45) is 4.41. The van der Waals surface area contributed by atoms with Gasteiger partial charge in [0.2, 0.25) is 0 Å². The maximum Gasteiger partial charge on any atom is 0.259 e. The van der Waals surface area contributed by atoms with Gasteiger partial charge in [-0.1, -0.05) is 0 Å². The van der Waals surface area contributed by atoms with Crippen LogP contribution in [0.4, 0.5) is 0 Å². The number of nitrogens with zero attached hydrogens (tertiary/aromatic N) is 3. The standard InChI is InChI=1S/C22H26N4O3S/c1-13-11-16(14(2)29-13)22(28)26-9-7-25(8-10-26)12-18-23-20(27)19-15-5-3-4-6-17(15)30-21(19)24-18/h11H,3-10,12H2,1-2H3,(H,23,24,27). The average molecular weight is 427 g/mol. The Morgan fingerprint density at radius 1 is 1.20 bits per heavy atom. The van der Waals surface area contributed by atoms with Crippen LogP contribution in [0.3, 0.4) is 0 Å². The van der Waals surface area contributed by atoms with E-state index in [0.29, 0.717) is 36.8 Å². The van der Waals surface area contributed by atoms with Gasteiger partial charge >= 0.3 is 0 Å². The molecule has 0 unspecified atom stereocenters. The number of amides is 1. The first kappa shape index (κ1) is 19.5. The Morgan fingerprint density at radius 2 is 1.97 bits per heavy atom. The highest BCUT2D eigenvalue weighted by Crippen LogP contribution is 2.33. The van der Waals surface area contributed by atoms with Gasteiger partial charge in [-0.25, -0.2) is 4.98 Å². The summed E-state index contributed by atoms with van der Waals surface area (Å²) < 4.78 is 5.50. The maximum atomic E-state index is 12.8. The van der Waals surface area contributed by atoms with E-state index in [4.69, 9.17) is 9.40 Å². The summed E-state index contributed by atoms with van der Waals surface area (Å²) in [5.74, 6) is 2.18. The van der Waals surface area contributed by atoms with Gasteiger partial charge in [0.05, 0.1) is 17.5 Å². The number of aromatic amines is 1. The van der Waals surface area contributed by atoms with Gasteiger partial charge in [-0.3, -0.25) is 14.5 Å². The summed E-state index contributed by atoms with van der Waals surface area (Å²) in [6.45, 7) is 7.10. The van der Waals surface area contributed by atoms with Crippen molar-refractivity contribution in [2.45, 2.75) is 46.1 Å². The first-order valence-electron chi connectivity index (χ1n) is 10.6. The van der Waals surface area contributed by atoms with Crippen LogP contribution in [0.1, 0.15) is 51.0 Å². The second-order valence-electron chi connectivity index (χ2n) is 8.30. The van der Waals surface area contributed by atoms with E-state index < -0.39 is 0 Å². The van der Waals surface area contributed by atoms with E-state index in [0.717, 1.165) is 48.3 Å². The molecule has 1 saturated heterocycles. The van der Waals surface area contributed by atoms with Crippen LogP contribution in [-0.4, -0.2) is 51.9 Å². The Morgan fingerprint density at radius 3 is 2.70 bits per heavy atom. The zero-order valence-electron chi connectivity index (χ0n) is 17.4. The van der Waals surface area contributed by atoms with E-state index in [9.17, 15) is 9.59 Å². The van der Waals surface area contributed by atoms with Crippen molar-refractivity contribution in [3.63, 3.8) is 0 Å². The van der Waals surface area contributed by atoms with Crippen molar-refractivity contribution in [2.75, 3.05) is 26.2 Å². The third-order valence-corrected chi connectivity index (χ3v) is 7.36. The molecule has 2 aliphatic rings. The highest BCUT2D eigenvalue weighted by molar-refractivity contribution is 7.18. The van der Waals surface area contributed by atoms with Crippen molar-refractivity contribution in [1.29, 1.82) is 0 Å². The zero-order chi connectivity index (χ0) is 20.8. The summed E-state index contributed by atoms with van der Waals surface area (Å²) in [5, 5.41) is 0.805. The minimum absolute atomic E-state index is 0.00554.